The first-order chi connectivity index (χ1) is 14.6. The molecule has 5 nitrogen and oxygen atoms in total. The van der Waals surface area contributed by atoms with Gasteiger partial charge in [0.25, 0.3) is 0 Å². The van der Waals surface area contributed by atoms with Gasteiger partial charge in [0.15, 0.2) is 0 Å². The third-order valence-corrected chi connectivity index (χ3v) is 5.41. The largest absolute Gasteiger partial charge is 0.352 e. The molecule has 1 fully saturated rings. The number of carbonyl (C=O) groups is 1. The zero-order valence-corrected chi connectivity index (χ0v) is 17.0. The molecule has 3 aromatic rings. The molecule has 5 heteroatoms. The number of carbonyl (C=O) groups excluding carboxylic acids is 1. The lowest BCUT2D eigenvalue weighted by atomic mass is 9.97. The van der Waals surface area contributed by atoms with Crippen molar-refractivity contribution in [3.05, 3.63) is 78.0 Å². The Morgan fingerprint density at radius 3 is 2.63 bits per heavy atom. The molecule has 0 radical (unpaired) electrons. The molecule has 2 aromatic carbocycles. The number of hydrogen-bond acceptors (Lipinski definition) is 4. The minimum absolute atomic E-state index is 0.0374. The Morgan fingerprint density at radius 1 is 1.17 bits per heavy atom. The highest BCUT2D eigenvalue weighted by Gasteiger charge is 2.22. The predicted octanol–water partition coefficient (Wildman–Crippen LogP) is 4.00. The van der Waals surface area contributed by atoms with Gasteiger partial charge in [0.05, 0.1) is 11.3 Å². The predicted molar refractivity (Wildman–Crippen MR) is 117 cm³/mol. The van der Waals surface area contributed by atoms with Crippen LogP contribution in [0.2, 0.25) is 0 Å². The number of nitriles is 1. The molecule has 0 aliphatic carbocycles. The maximum absolute atomic E-state index is 11.3. The molecule has 1 saturated heterocycles. The summed E-state index contributed by atoms with van der Waals surface area (Å²) in [6.07, 6.45) is 2.62. The van der Waals surface area contributed by atoms with Crippen LogP contribution in [-0.4, -0.2) is 34.9 Å². The van der Waals surface area contributed by atoms with Crippen LogP contribution in [0.4, 0.5) is 0 Å². The van der Waals surface area contributed by atoms with E-state index in [4.69, 9.17) is 0 Å². The second-order valence-electron chi connectivity index (χ2n) is 7.72. The summed E-state index contributed by atoms with van der Waals surface area (Å²) in [5.41, 5.74) is 5.69. The van der Waals surface area contributed by atoms with Crippen molar-refractivity contribution in [3.8, 4) is 28.5 Å². The molecule has 1 N–H and O–H groups in total. The van der Waals surface area contributed by atoms with E-state index in [2.05, 4.69) is 45.5 Å². The zero-order valence-electron chi connectivity index (χ0n) is 17.0. The summed E-state index contributed by atoms with van der Waals surface area (Å²) in [6.45, 7) is 4.31. The van der Waals surface area contributed by atoms with Gasteiger partial charge in [-0.25, -0.2) is 0 Å². The molecular weight excluding hydrogens is 372 g/mol. The number of likely N-dealkylation sites (tertiary alicyclic amines) is 1. The number of nitrogens with one attached hydrogen (secondary N) is 1. The van der Waals surface area contributed by atoms with E-state index in [0.29, 0.717) is 5.56 Å². The van der Waals surface area contributed by atoms with Crippen molar-refractivity contribution in [2.24, 2.45) is 0 Å². The van der Waals surface area contributed by atoms with Crippen molar-refractivity contribution in [2.75, 3.05) is 13.1 Å². The molecule has 0 spiro atoms. The van der Waals surface area contributed by atoms with E-state index >= 15 is 0 Å². The number of aromatic nitrogens is 1. The van der Waals surface area contributed by atoms with Gasteiger partial charge in [0, 0.05) is 49.9 Å². The number of nitrogens with zero attached hydrogens (tertiary/aromatic N) is 3. The van der Waals surface area contributed by atoms with Crippen LogP contribution in [0.25, 0.3) is 22.4 Å². The fourth-order valence-corrected chi connectivity index (χ4v) is 4.00. The molecule has 1 aromatic heterocycles. The second kappa shape index (κ2) is 8.89. The average Bonchev–Trinajstić information content (AvgIpc) is 3.20. The summed E-state index contributed by atoms with van der Waals surface area (Å²) < 4.78 is 0. The molecule has 1 aliphatic heterocycles. The molecule has 1 aliphatic rings. The number of amides is 1. The Morgan fingerprint density at radius 2 is 1.93 bits per heavy atom. The van der Waals surface area contributed by atoms with Gasteiger partial charge in [-0.2, -0.15) is 5.26 Å². The average molecular weight is 396 g/mol. The fraction of sp³-hybridized carbons (Fsp3) is 0.240. The molecule has 1 amide bonds. The quantitative estimate of drug-likeness (QED) is 0.708. The van der Waals surface area contributed by atoms with Crippen LogP contribution in [0.1, 0.15) is 24.5 Å². The number of pyridine rings is 1. The lowest BCUT2D eigenvalue weighted by Gasteiger charge is -2.17. The lowest BCUT2D eigenvalue weighted by Crippen LogP contribution is -2.35. The van der Waals surface area contributed by atoms with E-state index in [1.807, 2.05) is 36.4 Å². The van der Waals surface area contributed by atoms with Gasteiger partial charge in [0.2, 0.25) is 5.91 Å². The Balaban J connectivity index is 1.54. The maximum atomic E-state index is 11.3. The van der Waals surface area contributed by atoms with E-state index in [0.717, 1.165) is 48.4 Å². The third kappa shape index (κ3) is 4.56. The monoisotopic (exact) mass is 396 g/mol. The molecule has 0 bridgehead atoms. The van der Waals surface area contributed by atoms with Crippen molar-refractivity contribution >= 4 is 5.91 Å². The SMILES string of the molecule is CC(=O)N[C@@H]1CCN(Cc2ccc(-c3ncc(C#N)cc3-c3ccccc3)cc2)C1. The van der Waals surface area contributed by atoms with E-state index in [1.54, 1.807) is 13.1 Å². The van der Waals surface area contributed by atoms with Crippen molar-refractivity contribution in [2.45, 2.75) is 25.9 Å². The van der Waals surface area contributed by atoms with Crippen molar-refractivity contribution in [1.29, 1.82) is 5.26 Å². The Kier molecular flexibility index (Phi) is 5.87. The van der Waals surface area contributed by atoms with Gasteiger partial charge in [0.1, 0.15) is 6.07 Å². The van der Waals surface area contributed by atoms with Crippen molar-refractivity contribution in [1.82, 2.24) is 15.2 Å². The first-order valence-corrected chi connectivity index (χ1v) is 10.2. The Bertz CT molecular complexity index is 1070. The highest BCUT2D eigenvalue weighted by atomic mass is 16.1. The van der Waals surface area contributed by atoms with Gasteiger partial charge in [-0.1, -0.05) is 54.6 Å². The lowest BCUT2D eigenvalue weighted by molar-refractivity contribution is -0.119. The highest BCUT2D eigenvalue weighted by Crippen LogP contribution is 2.31. The molecule has 150 valence electrons. The molecular formula is C25H24N4O. The van der Waals surface area contributed by atoms with Gasteiger partial charge < -0.3 is 5.32 Å². The molecule has 2 heterocycles. The van der Waals surface area contributed by atoms with Crippen LogP contribution in [0, 0.1) is 11.3 Å². The van der Waals surface area contributed by atoms with Crippen LogP contribution in [0.15, 0.2) is 66.9 Å². The summed E-state index contributed by atoms with van der Waals surface area (Å²) in [6, 6.07) is 22.8. The van der Waals surface area contributed by atoms with E-state index in [1.165, 1.54) is 5.56 Å². The standard InChI is InChI=1S/C25H24N4O/c1-18(30)28-23-11-12-29(17-23)16-19-7-9-22(10-8-19)25-24(13-20(14-26)15-27-25)21-5-3-2-4-6-21/h2-10,13,15,23H,11-12,16-17H2,1H3,(H,28,30)/t23-/m1/s1. The molecule has 30 heavy (non-hydrogen) atoms. The zero-order chi connectivity index (χ0) is 20.9. The highest BCUT2D eigenvalue weighted by molar-refractivity contribution is 5.81. The van der Waals surface area contributed by atoms with E-state index < -0.39 is 0 Å². The van der Waals surface area contributed by atoms with Crippen molar-refractivity contribution in [3.63, 3.8) is 0 Å². The number of hydrogen-bond donors (Lipinski definition) is 1. The normalized spacial score (nSPS) is 16.2. The van der Waals surface area contributed by atoms with Gasteiger partial charge in [-0.15, -0.1) is 0 Å². The summed E-state index contributed by atoms with van der Waals surface area (Å²) >= 11 is 0. The van der Waals surface area contributed by atoms with E-state index in [9.17, 15) is 10.1 Å². The smallest absolute Gasteiger partial charge is 0.217 e. The Labute approximate surface area is 177 Å². The summed E-state index contributed by atoms with van der Waals surface area (Å²) in [7, 11) is 0. The maximum Gasteiger partial charge on any atom is 0.217 e. The molecule has 1 atom stereocenters. The topological polar surface area (TPSA) is 69.0 Å². The number of rotatable bonds is 5. The van der Waals surface area contributed by atoms with Crippen LogP contribution in [0.5, 0.6) is 0 Å². The second-order valence-corrected chi connectivity index (χ2v) is 7.72. The first-order valence-electron chi connectivity index (χ1n) is 10.2. The van der Waals surface area contributed by atoms with Crippen LogP contribution in [-0.2, 0) is 11.3 Å². The van der Waals surface area contributed by atoms with Gasteiger partial charge in [-0.3, -0.25) is 14.7 Å². The van der Waals surface area contributed by atoms with E-state index in [-0.39, 0.29) is 11.9 Å². The Hall–Kier alpha value is -3.49. The minimum atomic E-state index is 0.0374. The molecule has 0 saturated carbocycles. The van der Waals surface area contributed by atoms with Gasteiger partial charge in [-0.05, 0) is 23.6 Å². The fourth-order valence-electron chi connectivity index (χ4n) is 4.00. The van der Waals surface area contributed by atoms with Crippen LogP contribution >= 0.6 is 0 Å². The molecule has 0 unspecified atom stereocenters. The third-order valence-electron chi connectivity index (χ3n) is 5.41. The van der Waals surface area contributed by atoms with Crippen molar-refractivity contribution < 1.29 is 4.79 Å². The minimum Gasteiger partial charge on any atom is -0.352 e. The van der Waals surface area contributed by atoms with Gasteiger partial charge >= 0.3 is 0 Å². The molecule has 4 rings (SSSR count). The van der Waals surface area contributed by atoms with Crippen LogP contribution in [0.3, 0.4) is 0 Å². The summed E-state index contributed by atoms with van der Waals surface area (Å²) in [5, 5.41) is 12.3. The van der Waals surface area contributed by atoms with Crippen LogP contribution < -0.4 is 5.32 Å². The summed E-state index contributed by atoms with van der Waals surface area (Å²) in [4.78, 5) is 18.2. The number of benzene rings is 2. The summed E-state index contributed by atoms with van der Waals surface area (Å²) in [5.74, 6) is 0.0374. The first kappa shape index (κ1) is 19.8.